The van der Waals surface area contributed by atoms with Gasteiger partial charge in [0.25, 0.3) is 0 Å². The molecule has 0 aliphatic heterocycles. The third-order valence-corrected chi connectivity index (χ3v) is 2.47. The molecule has 0 radical (unpaired) electrons. The van der Waals surface area contributed by atoms with Crippen molar-refractivity contribution in [3.05, 3.63) is 0 Å². The van der Waals surface area contributed by atoms with E-state index < -0.39 is 0 Å². The standard InChI is InChI=1S/C10H22N4O2/c1-3-14-8(10(12)16)6-4-5-7(13-2)9(11)15/h7-8,13-14H,3-6H2,1-2H3,(H2,11,15)(H2,12,16). The zero-order valence-electron chi connectivity index (χ0n) is 9.95. The van der Waals surface area contributed by atoms with Crippen LogP contribution in [-0.4, -0.2) is 37.5 Å². The van der Waals surface area contributed by atoms with E-state index in [-0.39, 0.29) is 23.9 Å². The average Bonchev–Trinajstić information content (AvgIpc) is 2.21. The molecule has 0 aromatic carbocycles. The fourth-order valence-electron chi connectivity index (χ4n) is 1.55. The molecule has 2 unspecified atom stereocenters. The number of rotatable bonds is 9. The molecule has 0 aliphatic carbocycles. The lowest BCUT2D eigenvalue weighted by atomic mass is 10.0. The van der Waals surface area contributed by atoms with E-state index >= 15 is 0 Å². The number of nitrogens with one attached hydrogen (secondary N) is 2. The van der Waals surface area contributed by atoms with Crippen molar-refractivity contribution in [2.45, 2.75) is 38.3 Å². The van der Waals surface area contributed by atoms with Gasteiger partial charge in [-0.3, -0.25) is 9.59 Å². The normalized spacial score (nSPS) is 14.4. The van der Waals surface area contributed by atoms with E-state index in [9.17, 15) is 9.59 Å². The summed E-state index contributed by atoms with van der Waals surface area (Å²) in [5.74, 6) is -0.733. The summed E-state index contributed by atoms with van der Waals surface area (Å²) < 4.78 is 0. The summed E-state index contributed by atoms with van der Waals surface area (Å²) >= 11 is 0. The number of carbonyl (C=O) groups excluding carboxylic acids is 2. The number of hydrogen-bond donors (Lipinski definition) is 4. The summed E-state index contributed by atoms with van der Waals surface area (Å²) in [5.41, 5.74) is 10.4. The van der Waals surface area contributed by atoms with Gasteiger partial charge in [0.2, 0.25) is 11.8 Å². The fraction of sp³-hybridized carbons (Fsp3) is 0.800. The Labute approximate surface area is 96.1 Å². The minimum absolute atomic E-state index is 0.324. The zero-order valence-corrected chi connectivity index (χ0v) is 9.95. The lowest BCUT2D eigenvalue weighted by Gasteiger charge is -2.16. The van der Waals surface area contributed by atoms with Crippen LogP contribution < -0.4 is 22.1 Å². The van der Waals surface area contributed by atoms with Crippen LogP contribution in [0.5, 0.6) is 0 Å². The zero-order chi connectivity index (χ0) is 12.6. The summed E-state index contributed by atoms with van der Waals surface area (Å²) in [6.45, 7) is 2.61. The van der Waals surface area contributed by atoms with Crippen molar-refractivity contribution < 1.29 is 9.59 Å². The largest absolute Gasteiger partial charge is 0.368 e. The van der Waals surface area contributed by atoms with Gasteiger partial charge >= 0.3 is 0 Å². The number of primary amides is 2. The Morgan fingerprint density at radius 2 is 1.62 bits per heavy atom. The SMILES string of the molecule is CCNC(CCCC(NC)C(N)=O)C(N)=O. The molecule has 16 heavy (non-hydrogen) atoms. The van der Waals surface area contributed by atoms with Crippen molar-refractivity contribution in [2.75, 3.05) is 13.6 Å². The van der Waals surface area contributed by atoms with Crippen LogP contribution in [0.15, 0.2) is 0 Å². The molecular formula is C10H22N4O2. The molecule has 6 N–H and O–H groups in total. The molecule has 0 aromatic heterocycles. The highest BCUT2D eigenvalue weighted by atomic mass is 16.1. The van der Waals surface area contributed by atoms with Gasteiger partial charge in [-0.15, -0.1) is 0 Å². The van der Waals surface area contributed by atoms with Crippen LogP contribution in [0.1, 0.15) is 26.2 Å². The second-order valence-electron chi connectivity index (χ2n) is 3.69. The molecule has 0 aromatic rings. The van der Waals surface area contributed by atoms with E-state index in [1.165, 1.54) is 0 Å². The van der Waals surface area contributed by atoms with E-state index in [0.717, 1.165) is 6.42 Å². The van der Waals surface area contributed by atoms with Crippen molar-refractivity contribution in [2.24, 2.45) is 11.5 Å². The van der Waals surface area contributed by atoms with Gasteiger partial charge in [-0.2, -0.15) is 0 Å². The van der Waals surface area contributed by atoms with Crippen molar-refractivity contribution >= 4 is 11.8 Å². The molecule has 6 heteroatoms. The van der Waals surface area contributed by atoms with Crippen LogP contribution >= 0.6 is 0 Å². The maximum atomic E-state index is 11.0. The summed E-state index contributed by atoms with van der Waals surface area (Å²) in [7, 11) is 1.69. The predicted octanol–water partition coefficient (Wildman–Crippen LogP) is -1.31. The van der Waals surface area contributed by atoms with Gasteiger partial charge in [-0.25, -0.2) is 0 Å². The smallest absolute Gasteiger partial charge is 0.234 e. The molecule has 2 atom stereocenters. The molecule has 0 bridgehead atoms. The molecule has 94 valence electrons. The molecule has 0 rings (SSSR count). The topological polar surface area (TPSA) is 110 Å². The highest BCUT2D eigenvalue weighted by molar-refractivity contribution is 5.80. The van der Waals surface area contributed by atoms with Crippen LogP contribution in [0.3, 0.4) is 0 Å². The van der Waals surface area contributed by atoms with Gasteiger partial charge in [0, 0.05) is 0 Å². The number of hydrogen-bond acceptors (Lipinski definition) is 4. The molecular weight excluding hydrogens is 208 g/mol. The lowest BCUT2D eigenvalue weighted by molar-refractivity contribution is -0.120. The summed E-state index contributed by atoms with van der Waals surface area (Å²) in [5, 5.41) is 5.82. The number of likely N-dealkylation sites (N-methyl/N-ethyl adjacent to an activating group) is 2. The first kappa shape index (κ1) is 14.9. The van der Waals surface area contributed by atoms with Gasteiger partial charge in [0.1, 0.15) is 0 Å². The Morgan fingerprint density at radius 3 is 2.00 bits per heavy atom. The van der Waals surface area contributed by atoms with E-state index in [0.29, 0.717) is 19.4 Å². The first-order chi connectivity index (χ1) is 7.52. The van der Waals surface area contributed by atoms with Gasteiger partial charge in [-0.1, -0.05) is 6.92 Å². The maximum Gasteiger partial charge on any atom is 0.234 e. The molecule has 0 saturated carbocycles. The van der Waals surface area contributed by atoms with Gasteiger partial charge < -0.3 is 22.1 Å². The van der Waals surface area contributed by atoms with Crippen molar-refractivity contribution in [3.63, 3.8) is 0 Å². The first-order valence-corrected chi connectivity index (χ1v) is 5.52. The molecule has 0 fully saturated rings. The second kappa shape index (κ2) is 8.06. The third-order valence-electron chi connectivity index (χ3n) is 2.47. The van der Waals surface area contributed by atoms with Crippen molar-refractivity contribution in [1.29, 1.82) is 0 Å². The maximum absolute atomic E-state index is 11.0. The monoisotopic (exact) mass is 230 g/mol. The van der Waals surface area contributed by atoms with Crippen molar-refractivity contribution in [3.8, 4) is 0 Å². The van der Waals surface area contributed by atoms with E-state index in [2.05, 4.69) is 10.6 Å². The lowest BCUT2D eigenvalue weighted by Crippen LogP contribution is -2.42. The molecule has 0 saturated heterocycles. The highest BCUT2D eigenvalue weighted by Gasteiger charge is 2.16. The number of carbonyl (C=O) groups is 2. The van der Waals surface area contributed by atoms with Crippen LogP contribution in [0, 0.1) is 0 Å². The second-order valence-corrected chi connectivity index (χ2v) is 3.69. The van der Waals surface area contributed by atoms with Gasteiger partial charge in [0.05, 0.1) is 12.1 Å². The third kappa shape index (κ3) is 5.67. The Balaban J connectivity index is 3.93. The van der Waals surface area contributed by atoms with E-state index in [1.807, 2.05) is 6.92 Å². The fourth-order valence-corrected chi connectivity index (χ4v) is 1.55. The van der Waals surface area contributed by atoms with Crippen LogP contribution in [0.4, 0.5) is 0 Å². The summed E-state index contributed by atoms with van der Waals surface area (Å²) in [6.07, 6.45) is 1.95. The van der Waals surface area contributed by atoms with Crippen LogP contribution in [0.25, 0.3) is 0 Å². The minimum atomic E-state index is -0.374. The van der Waals surface area contributed by atoms with Crippen LogP contribution in [-0.2, 0) is 9.59 Å². The van der Waals surface area contributed by atoms with Gasteiger partial charge in [0.15, 0.2) is 0 Å². The molecule has 0 heterocycles. The highest BCUT2D eigenvalue weighted by Crippen LogP contribution is 2.04. The van der Waals surface area contributed by atoms with Crippen LogP contribution in [0.2, 0.25) is 0 Å². The van der Waals surface area contributed by atoms with E-state index in [4.69, 9.17) is 11.5 Å². The molecule has 6 nitrogen and oxygen atoms in total. The number of amides is 2. The Morgan fingerprint density at radius 1 is 1.12 bits per heavy atom. The molecule has 0 spiro atoms. The molecule has 2 amide bonds. The Hall–Kier alpha value is -1.14. The number of nitrogens with two attached hydrogens (primary N) is 2. The molecule has 0 aliphatic rings. The van der Waals surface area contributed by atoms with Crippen molar-refractivity contribution in [1.82, 2.24) is 10.6 Å². The van der Waals surface area contributed by atoms with E-state index in [1.54, 1.807) is 7.05 Å². The quantitative estimate of drug-likeness (QED) is 0.394. The predicted molar refractivity (Wildman–Crippen MR) is 62.6 cm³/mol. The minimum Gasteiger partial charge on any atom is -0.368 e. The Kier molecular flexibility index (Phi) is 7.49. The summed E-state index contributed by atoms with van der Waals surface area (Å²) in [6, 6.07) is -0.662. The van der Waals surface area contributed by atoms with Gasteiger partial charge in [-0.05, 0) is 32.9 Å². The first-order valence-electron chi connectivity index (χ1n) is 5.52. The Bertz CT molecular complexity index is 233. The average molecular weight is 230 g/mol. The summed E-state index contributed by atoms with van der Waals surface area (Å²) in [4.78, 5) is 21.9.